The van der Waals surface area contributed by atoms with Crippen LogP contribution in [0.25, 0.3) is 0 Å². The van der Waals surface area contributed by atoms with E-state index in [1.807, 2.05) is 27.7 Å². The molecule has 0 radical (unpaired) electrons. The van der Waals surface area contributed by atoms with Crippen molar-refractivity contribution in [3.05, 3.63) is 25.3 Å². The van der Waals surface area contributed by atoms with Crippen LogP contribution in [0.2, 0.25) is 0 Å². The van der Waals surface area contributed by atoms with Crippen LogP contribution in [0.4, 0.5) is 0 Å². The molecule has 8 heteroatoms. The van der Waals surface area contributed by atoms with Crippen molar-refractivity contribution in [1.29, 1.82) is 0 Å². The van der Waals surface area contributed by atoms with Gasteiger partial charge >= 0.3 is 5.97 Å². The molecule has 196 valence electrons. The highest BCUT2D eigenvalue weighted by Gasteiger charge is 2.79. The fourth-order valence-corrected chi connectivity index (χ4v) is 6.57. The average molecular weight is 491 g/mol. The molecule has 1 N–H and O–H groups in total. The van der Waals surface area contributed by atoms with Crippen LogP contribution in [0.3, 0.4) is 0 Å². The standard InChI is InChI=1S/C27H42N2O6/c1-8-11-18(6)28(14-9-2)24(32)22-27-13-12-26(7,35-27)21(25(33)34-15-10-3)20(27)23(31)29(22)19(16-30)17(4)5/h9-10,17-22,30H,2-3,8,11-16H2,1,4-7H3/t18?,19-,20-,21+,22?,26-,27?/m0/s1. The van der Waals surface area contributed by atoms with E-state index >= 15 is 0 Å². The van der Waals surface area contributed by atoms with Gasteiger partial charge in [0.15, 0.2) is 0 Å². The molecule has 3 aliphatic heterocycles. The number of amides is 2. The molecule has 0 aromatic rings. The lowest BCUT2D eigenvalue weighted by atomic mass is 9.66. The van der Waals surface area contributed by atoms with Crippen LogP contribution >= 0.6 is 0 Å². The van der Waals surface area contributed by atoms with Gasteiger partial charge in [0, 0.05) is 12.6 Å². The first-order valence-corrected chi connectivity index (χ1v) is 12.9. The SMILES string of the molecule is C=CCOC(=O)[C@H]1[C@H]2C(=O)N([C@@H](CO)C(C)C)C(C(=O)N(CC=C)C(C)CCC)C23CC[C@]1(C)O3. The molecule has 7 atom stereocenters. The maximum Gasteiger partial charge on any atom is 0.313 e. The molecular formula is C27H42N2O6. The third-order valence-electron chi connectivity index (χ3n) is 8.21. The number of aliphatic hydroxyl groups excluding tert-OH is 1. The second kappa shape index (κ2) is 10.4. The molecule has 3 rings (SSSR count). The van der Waals surface area contributed by atoms with Crippen molar-refractivity contribution in [1.82, 2.24) is 9.80 Å². The summed E-state index contributed by atoms with van der Waals surface area (Å²) in [5.41, 5.74) is -2.04. The van der Waals surface area contributed by atoms with Crippen molar-refractivity contribution in [2.24, 2.45) is 17.8 Å². The Hall–Kier alpha value is -2.19. The van der Waals surface area contributed by atoms with Crippen LogP contribution in [0.1, 0.15) is 60.3 Å². The van der Waals surface area contributed by atoms with Crippen LogP contribution < -0.4 is 0 Å². The highest BCUT2D eigenvalue weighted by atomic mass is 16.6. The maximum atomic E-state index is 14.3. The van der Waals surface area contributed by atoms with Gasteiger partial charge in [0.2, 0.25) is 11.8 Å². The van der Waals surface area contributed by atoms with Crippen molar-refractivity contribution in [2.45, 2.75) is 89.6 Å². The van der Waals surface area contributed by atoms with E-state index in [-0.39, 0.29) is 37.0 Å². The molecular weight excluding hydrogens is 448 g/mol. The third kappa shape index (κ3) is 4.33. The molecule has 2 amide bonds. The van der Waals surface area contributed by atoms with Gasteiger partial charge < -0.3 is 24.4 Å². The Kier molecular flexibility index (Phi) is 8.16. The number of hydrogen-bond donors (Lipinski definition) is 1. The molecule has 0 saturated carbocycles. The first-order valence-electron chi connectivity index (χ1n) is 12.9. The first kappa shape index (κ1) is 27.4. The minimum absolute atomic E-state index is 0.0400. The summed E-state index contributed by atoms with van der Waals surface area (Å²) in [6, 6.07) is -1.58. The summed E-state index contributed by atoms with van der Waals surface area (Å²) in [7, 11) is 0. The van der Waals surface area contributed by atoms with Crippen LogP contribution in [0, 0.1) is 17.8 Å². The second-order valence-corrected chi connectivity index (χ2v) is 10.8. The summed E-state index contributed by atoms with van der Waals surface area (Å²) in [6.45, 7) is 17.3. The minimum atomic E-state index is -1.14. The molecule has 3 aliphatic rings. The van der Waals surface area contributed by atoms with E-state index in [1.165, 1.54) is 11.0 Å². The van der Waals surface area contributed by atoms with E-state index in [9.17, 15) is 19.5 Å². The largest absolute Gasteiger partial charge is 0.461 e. The quantitative estimate of drug-likeness (QED) is 0.334. The third-order valence-corrected chi connectivity index (χ3v) is 8.21. The van der Waals surface area contributed by atoms with Gasteiger partial charge in [-0.25, -0.2) is 0 Å². The van der Waals surface area contributed by atoms with Crippen LogP contribution in [-0.4, -0.2) is 81.8 Å². The van der Waals surface area contributed by atoms with Gasteiger partial charge in [0.05, 0.1) is 24.2 Å². The zero-order valence-electron chi connectivity index (χ0n) is 21.9. The van der Waals surface area contributed by atoms with Crippen molar-refractivity contribution < 1.29 is 29.0 Å². The smallest absolute Gasteiger partial charge is 0.313 e. The van der Waals surface area contributed by atoms with E-state index in [0.717, 1.165) is 12.8 Å². The highest BCUT2D eigenvalue weighted by Crippen LogP contribution is 2.64. The number of hydrogen-bond acceptors (Lipinski definition) is 6. The van der Waals surface area contributed by atoms with E-state index in [0.29, 0.717) is 19.4 Å². The Bertz CT molecular complexity index is 859. The summed E-state index contributed by atoms with van der Waals surface area (Å²) >= 11 is 0. The van der Waals surface area contributed by atoms with Gasteiger partial charge in [-0.1, -0.05) is 45.9 Å². The van der Waals surface area contributed by atoms with E-state index in [2.05, 4.69) is 20.1 Å². The number of esters is 1. The van der Waals surface area contributed by atoms with Crippen LogP contribution in [0.5, 0.6) is 0 Å². The number of rotatable bonds is 12. The molecule has 35 heavy (non-hydrogen) atoms. The topological polar surface area (TPSA) is 96.4 Å². The fourth-order valence-electron chi connectivity index (χ4n) is 6.57. The number of carbonyl (C=O) groups excluding carboxylic acids is 3. The number of ether oxygens (including phenoxy) is 2. The highest BCUT2D eigenvalue weighted by molar-refractivity contribution is 5.98. The fraction of sp³-hybridized carbons (Fsp3) is 0.741. The van der Waals surface area contributed by atoms with Gasteiger partial charge in [-0.05, 0) is 39.0 Å². The summed E-state index contributed by atoms with van der Waals surface area (Å²) in [6.07, 6.45) is 5.91. The number of fused-ring (bicyclic) bond motifs is 1. The normalized spacial score (nSPS) is 32.9. The lowest BCUT2D eigenvalue weighted by Crippen LogP contribution is -2.60. The first-order chi connectivity index (χ1) is 16.5. The number of carbonyl (C=O) groups is 3. The Morgan fingerprint density at radius 2 is 1.97 bits per heavy atom. The monoisotopic (exact) mass is 490 g/mol. The Labute approximate surface area is 209 Å². The molecule has 8 nitrogen and oxygen atoms in total. The van der Waals surface area contributed by atoms with Gasteiger partial charge in [-0.2, -0.15) is 0 Å². The Morgan fingerprint density at radius 3 is 2.51 bits per heavy atom. The molecule has 0 aromatic heterocycles. The zero-order valence-corrected chi connectivity index (χ0v) is 21.9. The number of likely N-dealkylation sites (tertiary alicyclic amines) is 1. The van der Waals surface area contributed by atoms with Crippen molar-refractivity contribution in [2.75, 3.05) is 19.8 Å². The number of aliphatic hydroxyl groups is 1. The van der Waals surface area contributed by atoms with Gasteiger partial charge in [0.25, 0.3) is 0 Å². The van der Waals surface area contributed by atoms with Crippen molar-refractivity contribution in [3.63, 3.8) is 0 Å². The van der Waals surface area contributed by atoms with Crippen molar-refractivity contribution in [3.8, 4) is 0 Å². The van der Waals surface area contributed by atoms with Crippen LogP contribution in [0.15, 0.2) is 25.3 Å². The summed E-state index contributed by atoms with van der Waals surface area (Å²) in [5, 5.41) is 10.3. The molecule has 0 aromatic carbocycles. The summed E-state index contributed by atoms with van der Waals surface area (Å²) in [4.78, 5) is 44.9. The average Bonchev–Trinajstić information content (AvgIpc) is 3.37. The molecule has 3 unspecified atom stereocenters. The van der Waals surface area contributed by atoms with Gasteiger partial charge in [-0.3, -0.25) is 14.4 Å². The molecule has 3 saturated heterocycles. The van der Waals surface area contributed by atoms with Gasteiger partial charge in [0.1, 0.15) is 24.2 Å². The van der Waals surface area contributed by atoms with Crippen molar-refractivity contribution >= 4 is 17.8 Å². The predicted octanol–water partition coefficient (Wildman–Crippen LogP) is 2.70. The Morgan fingerprint density at radius 1 is 1.29 bits per heavy atom. The molecule has 0 aliphatic carbocycles. The maximum absolute atomic E-state index is 14.3. The van der Waals surface area contributed by atoms with E-state index < -0.39 is 41.1 Å². The second-order valence-electron chi connectivity index (χ2n) is 10.8. The zero-order chi connectivity index (χ0) is 26.1. The predicted molar refractivity (Wildman–Crippen MR) is 132 cm³/mol. The molecule has 2 bridgehead atoms. The summed E-state index contributed by atoms with van der Waals surface area (Å²) < 4.78 is 12.0. The van der Waals surface area contributed by atoms with Crippen LogP contribution in [-0.2, 0) is 23.9 Å². The number of nitrogens with zero attached hydrogens (tertiary/aromatic N) is 2. The lowest BCUT2D eigenvalue weighted by molar-refractivity contribution is -0.162. The molecule has 3 fully saturated rings. The lowest BCUT2D eigenvalue weighted by Gasteiger charge is -2.42. The molecule has 3 heterocycles. The summed E-state index contributed by atoms with van der Waals surface area (Å²) in [5.74, 6) is -2.81. The van der Waals surface area contributed by atoms with Gasteiger partial charge in [-0.15, -0.1) is 6.58 Å². The van der Waals surface area contributed by atoms with E-state index in [1.54, 1.807) is 11.0 Å². The van der Waals surface area contributed by atoms with E-state index in [4.69, 9.17) is 9.47 Å². The minimum Gasteiger partial charge on any atom is -0.461 e. The molecule has 1 spiro atoms. The Balaban J connectivity index is 2.14.